The molecule has 0 saturated carbocycles. The van der Waals surface area contributed by atoms with E-state index in [1.54, 1.807) is 0 Å². The van der Waals surface area contributed by atoms with Gasteiger partial charge in [-0.15, -0.1) is 0 Å². The SMILES string of the molecule is CC1CCN(c2ncnc(Nc3ccc(F)cc3F)c2[N+](=O)[O-])CC1. The van der Waals surface area contributed by atoms with Crippen molar-refractivity contribution in [2.45, 2.75) is 19.8 Å². The van der Waals surface area contributed by atoms with Crippen LogP contribution in [0.15, 0.2) is 24.5 Å². The van der Waals surface area contributed by atoms with Crippen molar-refractivity contribution in [3.8, 4) is 0 Å². The van der Waals surface area contributed by atoms with E-state index in [1.165, 1.54) is 12.4 Å². The molecule has 0 atom stereocenters. The lowest BCUT2D eigenvalue weighted by Crippen LogP contribution is -2.34. The van der Waals surface area contributed by atoms with E-state index in [9.17, 15) is 18.9 Å². The first-order chi connectivity index (χ1) is 12.0. The molecule has 0 spiro atoms. The lowest BCUT2D eigenvalue weighted by atomic mass is 9.99. The van der Waals surface area contributed by atoms with Crippen LogP contribution in [0.3, 0.4) is 0 Å². The van der Waals surface area contributed by atoms with Crippen molar-refractivity contribution in [1.82, 2.24) is 9.97 Å². The van der Waals surface area contributed by atoms with Gasteiger partial charge in [0.05, 0.1) is 10.6 Å². The van der Waals surface area contributed by atoms with E-state index in [0.717, 1.165) is 18.9 Å². The number of rotatable bonds is 4. The maximum atomic E-state index is 13.8. The van der Waals surface area contributed by atoms with Crippen molar-refractivity contribution in [2.75, 3.05) is 23.3 Å². The molecule has 1 aliphatic heterocycles. The summed E-state index contributed by atoms with van der Waals surface area (Å²) in [7, 11) is 0. The largest absolute Gasteiger partial charge is 0.353 e. The van der Waals surface area contributed by atoms with E-state index in [0.29, 0.717) is 25.1 Å². The van der Waals surface area contributed by atoms with Gasteiger partial charge in [-0.2, -0.15) is 0 Å². The summed E-state index contributed by atoms with van der Waals surface area (Å²) in [5.41, 5.74) is -0.415. The Labute approximate surface area is 142 Å². The first kappa shape index (κ1) is 17.0. The number of nitrogens with one attached hydrogen (secondary N) is 1. The normalized spacial score (nSPS) is 15.2. The molecular weight excluding hydrogens is 332 g/mol. The fourth-order valence-electron chi connectivity index (χ4n) is 2.80. The molecule has 1 saturated heterocycles. The van der Waals surface area contributed by atoms with E-state index in [-0.39, 0.29) is 23.0 Å². The van der Waals surface area contributed by atoms with Crippen LogP contribution in [-0.4, -0.2) is 28.0 Å². The Kier molecular flexibility index (Phi) is 4.73. The average Bonchev–Trinajstić information content (AvgIpc) is 2.57. The molecule has 9 heteroatoms. The summed E-state index contributed by atoms with van der Waals surface area (Å²) in [6.07, 6.45) is 3.02. The summed E-state index contributed by atoms with van der Waals surface area (Å²) in [6.45, 7) is 3.45. The molecule has 2 aromatic rings. The van der Waals surface area contributed by atoms with Crippen LogP contribution in [0.2, 0.25) is 0 Å². The molecule has 25 heavy (non-hydrogen) atoms. The van der Waals surface area contributed by atoms with Crippen molar-refractivity contribution in [3.05, 3.63) is 46.3 Å². The van der Waals surface area contributed by atoms with E-state index in [2.05, 4.69) is 22.2 Å². The smallest absolute Gasteiger partial charge is 0.351 e. The predicted octanol–water partition coefficient (Wildman–Crippen LogP) is 3.64. The van der Waals surface area contributed by atoms with Gasteiger partial charge in [0.15, 0.2) is 0 Å². The molecule has 1 aromatic carbocycles. The van der Waals surface area contributed by atoms with Gasteiger partial charge in [0.1, 0.15) is 18.0 Å². The molecule has 0 unspecified atom stereocenters. The van der Waals surface area contributed by atoms with Crippen molar-refractivity contribution in [1.29, 1.82) is 0 Å². The third kappa shape index (κ3) is 3.65. The Morgan fingerprint density at radius 3 is 2.64 bits per heavy atom. The number of hydrogen-bond donors (Lipinski definition) is 1. The average molecular weight is 349 g/mol. The second kappa shape index (κ2) is 6.96. The quantitative estimate of drug-likeness (QED) is 0.670. The molecule has 0 bridgehead atoms. The Morgan fingerprint density at radius 1 is 1.28 bits per heavy atom. The first-order valence-corrected chi connectivity index (χ1v) is 7.92. The second-order valence-corrected chi connectivity index (χ2v) is 6.07. The summed E-state index contributed by atoms with van der Waals surface area (Å²) in [5.74, 6) is -0.955. The number of hydrogen-bond acceptors (Lipinski definition) is 6. The lowest BCUT2D eigenvalue weighted by molar-refractivity contribution is -0.383. The van der Waals surface area contributed by atoms with Crippen molar-refractivity contribution in [3.63, 3.8) is 0 Å². The van der Waals surface area contributed by atoms with Gasteiger partial charge in [-0.3, -0.25) is 10.1 Å². The summed E-state index contributed by atoms with van der Waals surface area (Å²) in [4.78, 5) is 20.8. The Morgan fingerprint density at radius 2 is 2.00 bits per heavy atom. The standard InChI is InChI=1S/C16H17F2N5O2/c1-10-4-6-22(7-5-10)16-14(23(24)25)15(19-9-20-16)21-13-3-2-11(17)8-12(13)18/h2-3,8-10H,4-7H2,1H3,(H,19,20,21). The molecular formula is C16H17F2N5O2. The Hall–Kier alpha value is -2.84. The van der Waals surface area contributed by atoms with E-state index < -0.39 is 16.6 Å². The number of benzene rings is 1. The zero-order chi connectivity index (χ0) is 18.0. The summed E-state index contributed by atoms with van der Waals surface area (Å²) in [6, 6.07) is 2.92. The minimum atomic E-state index is -0.860. The van der Waals surface area contributed by atoms with Crippen LogP contribution in [0.4, 0.5) is 31.8 Å². The highest BCUT2D eigenvalue weighted by Gasteiger charge is 2.29. The molecule has 0 radical (unpaired) electrons. The molecule has 7 nitrogen and oxygen atoms in total. The second-order valence-electron chi connectivity index (χ2n) is 6.07. The fraction of sp³-hybridized carbons (Fsp3) is 0.375. The lowest BCUT2D eigenvalue weighted by Gasteiger charge is -2.30. The Balaban J connectivity index is 1.96. The van der Waals surface area contributed by atoms with Crippen LogP contribution in [0.5, 0.6) is 0 Å². The van der Waals surface area contributed by atoms with Crippen molar-refractivity contribution >= 4 is 23.0 Å². The molecule has 3 rings (SSSR count). The van der Waals surface area contributed by atoms with E-state index in [4.69, 9.17) is 0 Å². The predicted molar refractivity (Wildman–Crippen MR) is 88.9 cm³/mol. The summed E-state index contributed by atoms with van der Waals surface area (Å²) < 4.78 is 26.9. The first-order valence-electron chi connectivity index (χ1n) is 7.92. The van der Waals surface area contributed by atoms with Gasteiger partial charge >= 0.3 is 5.69 Å². The number of nitro groups is 1. The summed E-state index contributed by atoms with van der Waals surface area (Å²) in [5, 5.41) is 14.2. The van der Waals surface area contributed by atoms with Gasteiger partial charge in [0.2, 0.25) is 11.6 Å². The maximum Gasteiger partial charge on any atom is 0.353 e. The number of nitrogens with zero attached hydrogens (tertiary/aromatic N) is 4. The highest BCUT2D eigenvalue weighted by Crippen LogP contribution is 2.35. The third-order valence-corrected chi connectivity index (χ3v) is 4.25. The van der Waals surface area contributed by atoms with Crippen LogP contribution in [0, 0.1) is 27.7 Å². The van der Waals surface area contributed by atoms with Crippen molar-refractivity contribution in [2.24, 2.45) is 5.92 Å². The van der Waals surface area contributed by atoms with Gasteiger partial charge in [-0.25, -0.2) is 18.7 Å². The number of anilines is 3. The molecule has 2 heterocycles. The van der Waals surface area contributed by atoms with E-state index >= 15 is 0 Å². The highest BCUT2D eigenvalue weighted by molar-refractivity contribution is 5.74. The zero-order valence-electron chi connectivity index (χ0n) is 13.6. The van der Waals surface area contributed by atoms with Gasteiger partial charge in [0.25, 0.3) is 0 Å². The zero-order valence-corrected chi connectivity index (χ0v) is 13.6. The fourth-order valence-corrected chi connectivity index (χ4v) is 2.80. The Bertz CT molecular complexity index is 794. The van der Waals surface area contributed by atoms with Crippen molar-refractivity contribution < 1.29 is 13.7 Å². The molecule has 132 valence electrons. The molecule has 0 amide bonds. The van der Waals surface area contributed by atoms with Crippen LogP contribution >= 0.6 is 0 Å². The molecule has 0 aliphatic carbocycles. The topological polar surface area (TPSA) is 84.2 Å². The van der Waals surface area contributed by atoms with E-state index in [1.807, 2.05) is 4.90 Å². The summed E-state index contributed by atoms with van der Waals surface area (Å²) >= 11 is 0. The van der Waals surface area contributed by atoms with Gasteiger partial charge < -0.3 is 10.2 Å². The molecule has 1 aromatic heterocycles. The van der Waals surface area contributed by atoms with Crippen LogP contribution in [-0.2, 0) is 0 Å². The molecule has 1 N–H and O–H groups in total. The van der Waals surface area contributed by atoms with Gasteiger partial charge in [-0.05, 0) is 30.9 Å². The van der Waals surface area contributed by atoms with Crippen LogP contribution in [0.25, 0.3) is 0 Å². The molecule has 1 fully saturated rings. The monoisotopic (exact) mass is 349 g/mol. The number of piperidine rings is 1. The number of aromatic nitrogens is 2. The third-order valence-electron chi connectivity index (χ3n) is 4.25. The van der Waals surface area contributed by atoms with Crippen LogP contribution in [0.1, 0.15) is 19.8 Å². The highest BCUT2D eigenvalue weighted by atomic mass is 19.1. The molecule has 1 aliphatic rings. The minimum absolute atomic E-state index is 0.0959. The van der Waals surface area contributed by atoms with Gasteiger partial charge in [0, 0.05) is 19.2 Å². The van der Waals surface area contributed by atoms with Crippen LogP contribution < -0.4 is 10.2 Å². The minimum Gasteiger partial charge on any atom is -0.351 e. The van der Waals surface area contributed by atoms with Gasteiger partial charge in [-0.1, -0.05) is 6.92 Å². The number of halogens is 2. The maximum absolute atomic E-state index is 13.8.